The summed E-state index contributed by atoms with van der Waals surface area (Å²) in [7, 11) is 1.49. The fraction of sp³-hybridized carbons (Fsp3) is 0.333. The zero-order valence-corrected chi connectivity index (χ0v) is 13.9. The first-order valence-corrected chi connectivity index (χ1v) is 8.34. The molecule has 5 heteroatoms. The maximum absolute atomic E-state index is 12.4. The van der Waals surface area contributed by atoms with Crippen LogP contribution < -0.4 is 9.47 Å². The molecule has 0 fully saturated rings. The van der Waals surface area contributed by atoms with Gasteiger partial charge in [-0.05, 0) is 48.9 Å². The lowest BCUT2D eigenvalue weighted by atomic mass is 9.90. The monoisotopic (exact) mass is 327 g/mol. The van der Waals surface area contributed by atoms with Gasteiger partial charge in [0, 0.05) is 10.9 Å². The highest BCUT2D eigenvalue weighted by atomic mass is 32.1. The van der Waals surface area contributed by atoms with Gasteiger partial charge in [-0.3, -0.25) is 0 Å². The van der Waals surface area contributed by atoms with Crippen molar-refractivity contribution in [1.29, 1.82) is 5.26 Å². The number of hydrogen-bond donors (Lipinski definition) is 0. The summed E-state index contributed by atoms with van der Waals surface area (Å²) >= 11 is 1.52. The number of nitriles is 1. The number of benzene rings is 1. The van der Waals surface area contributed by atoms with Gasteiger partial charge >= 0.3 is 5.97 Å². The van der Waals surface area contributed by atoms with Crippen molar-refractivity contribution in [3.8, 4) is 17.6 Å². The zero-order chi connectivity index (χ0) is 16.4. The highest BCUT2D eigenvalue weighted by molar-refractivity contribution is 7.14. The Kier molecular flexibility index (Phi) is 4.35. The molecular formula is C18H17NO3S. The number of thiophene rings is 1. The van der Waals surface area contributed by atoms with Crippen molar-refractivity contribution in [3.05, 3.63) is 45.1 Å². The fourth-order valence-electron chi connectivity index (χ4n) is 2.78. The second kappa shape index (κ2) is 6.43. The first kappa shape index (κ1) is 15.6. The van der Waals surface area contributed by atoms with Crippen LogP contribution in [0.4, 0.5) is 0 Å². The van der Waals surface area contributed by atoms with E-state index in [0.29, 0.717) is 27.9 Å². The van der Waals surface area contributed by atoms with Gasteiger partial charge in [0.2, 0.25) is 0 Å². The Morgan fingerprint density at radius 3 is 2.91 bits per heavy atom. The van der Waals surface area contributed by atoms with E-state index in [0.717, 1.165) is 12.8 Å². The van der Waals surface area contributed by atoms with Gasteiger partial charge in [-0.1, -0.05) is 6.92 Å². The van der Waals surface area contributed by atoms with Crippen molar-refractivity contribution in [2.24, 2.45) is 5.92 Å². The largest absolute Gasteiger partial charge is 0.493 e. The average Bonchev–Trinajstić information content (AvgIpc) is 2.98. The van der Waals surface area contributed by atoms with E-state index >= 15 is 0 Å². The minimum Gasteiger partial charge on any atom is -0.493 e. The van der Waals surface area contributed by atoms with E-state index in [1.54, 1.807) is 18.2 Å². The van der Waals surface area contributed by atoms with E-state index in [1.807, 2.05) is 12.1 Å². The third kappa shape index (κ3) is 3.22. The quantitative estimate of drug-likeness (QED) is 0.632. The van der Waals surface area contributed by atoms with Crippen LogP contribution in [0.5, 0.6) is 11.5 Å². The molecule has 0 aliphatic heterocycles. The van der Waals surface area contributed by atoms with Crippen LogP contribution in [0, 0.1) is 17.2 Å². The second-order valence-electron chi connectivity index (χ2n) is 5.77. The van der Waals surface area contributed by atoms with E-state index in [-0.39, 0.29) is 5.97 Å². The van der Waals surface area contributed by atoms with Crippen LogP contribution in [-0.4, -0.2) is 13.1 Å². The second-order valence-corrected chi connectivity index (χ2v) is 6.91. The molecule has 1 heterocycles. The smallest absolute Gasteiger partial charge is 0.353 e. The molecule has 0 saturated heterocycles. The van der Waals surface area contributed by atoms with Gasteiger partial charge in [-0.2, -0.15) is 5.26 Å². The Labute approximate surface area is 139 Å². The van der Waals surface area contributed by atoms with Crippen LogP contribution in [-0.2, 0) is 12.8 Å². The summed E-state index contributed by atoms with van der Waals surface area (Å²) in [6.07, 6.45) is 3.24. The van der Waals surface area contributed by atoms with Crippen molar-refractivity contribution in [2.75, 3.05) is 7.11 Å². The van der Waals surface area contributed by atoms with E-state index in [2.05, 4.69) is 6.92 Å². The molecule has 0 bridgehead atoms. The normalized spacial score (nSPS) is 16.3. The SMILES string of the molecule is COc1cc(C#N)ccc1OC(=O)c1cc2c(s1)CCC(C)C2. The predicted octanol–water partition coefficient (Wildman–Crippen LogP) is 3.97. The lowest BCUT2D eigenvalue weighted by molar-refractivity contribution is 0.0734. The van der Waals surface area contributed by atoms with Gasteiger partial charge in [0.15, 0.2) is 11.5 Å². The molecule has 1 aromatic carbocycles. The van der Waals surface area contributed by atoms with Crippen LogP contribution in [0.1, 0.15) is 39.0 Å². The van der Waals surface area contributed by atoms with Crippen LogP contribution in [0.2, 0.25) is 0 Å². The first-order valence-electron chi connectivity index (χ1n) is 7.52. The third-order valence-corrected chi connectivity index (χ3v) is 5.24. The minimum absolute atomic E-state index is 0.330. The molecule has 1 aliphatic carbocycles. The Morgan fingerprint density at radius 1 is 1.35 bits per heavy atom. The molecule has 0 amide bonds. The summed E-state index contributed by atoms with van der Waals surface area (Å²) in [5.41, 5.74) is 1.73. The summed E-state index contributed by atoms with van der Waals surface area (Å²) in [5.74, 6) is 1.00. The molecule has 0 spiro atoms. The van der Waals surface area contributed by atoms with E-state index in [1.165, 1.54) is 35.3 Å². The number of esters is 1. The number of ether oxygens (including phenoxy) is 2. The van der Waals surface area contributed by atoms with Gasteiger partial charge in [0.05, 0.1) is 18.7 Å². The van der Waals surface area contributed by atoms with Crippen molar-refractivity contribution in [2.45, 2.75) is 26.2 Å². The Bertz CT molecular complexity index is 788. The van der Waals surface area contributed by atoms with Gasteiger partial charge < -0.3 is 9.47 Å². The Morgan fingerprint density at radius 2 is 2.17 bits per heavy atom. The van der Waals surface area contributed by atoms with Crippen LogP contribution in [0.3, 0.4) is 0 Å². The molecule has 0 saturated carbocycles. The standard InChI is InChI=1S/C18H17NO3S/c1-11-3-6-16-13(7-11)9-17(23-16)18(20)22-14-5-4-12(10-19)8-15(14)21-2/h4-5,8-9,11H,3,6-7H2,1-2H3. The van der Waals surface area contributed by atoms with Crippen LogP contribution in [0.15, 0.2) is 24.3 Å². The van der Waals surface area contributed by atoms with E-state index in [9.17, 15) is 4.79 Å². The highest BCUT2D eigenvalue weighted by Crippen LogP contribution is 2.34. The highest BCUT2D eigenvalue weighted by Gasteiger charge is 2.22. The van der Waals surface area contributed by atoms with Gasteiger partial charge in [0.25, 0.3) is 0 Å². The molecule has 23 heavy (non-hydrogen) atoms. The summed E-state index contributed by atoms with van der Waals surface area (Å²) in [6, 6.07) is 8.74. The van der Waals surface area contributed by atoms with Crippen LogP contribution in [0.25, 0.3) is 0 Å². The Hall–Kier alpha value is -2.32. The topological polar surface area (TPSA) is 59.3 Å². The number of carbonyl (C=O) groups is 1. The van der Waals surface area contributed by atoms with Crippen molar-refractivity contribution >= 4 is 17.3 Å². The summed E-state index contributed by atoms with van der Waals surface area (Å²) in [5, 5.41) is 8.91. The van der Waals surface area contributed by atoms with E-state index in [4.69, 9.17) is 14.7 Å². The summed E-state index contributed by atoms with van der Waals surface area (Å²) in [4.78, 5) is 14.3. The zero-order valence-electron chi connectivity index (χ0n) is 13.1. The minimum atomic E-state index is -0.375. The number of fused-ring (bicyclic) bond motifs is 1. The number of rotatable bonds is 3. The summed E-state index contributed by atoms with van der Waals surface area (Å²) in [6.45, 7) is 2.24. The number of nitrogens with zero attached hydrogens (tertiary/aromatic N) is 1. The maximum Gasteiger partial charge on any atom is 0.353 e. The molecule has 0 radical (unpaired) electrons. The maximum atomic E-state index is 12.4. The predicted molar refractivity (Wildman–Crippen MR) is 88.2 cm³/mol. The average molecular weight is 327 g/mol. The number of carbonyl (C=O) groups excluding carboxylic acids is 1. The van der Waals surface area contributed by atoms with Gasteiger partial charge in [-0.25, -0.2) is 4.79 Å². The molecule has 1 atom stereocenters. The van der Waals surface area contributed by atoms with Gasteiger partial charge in [0.1, 0.15) is 4.88 Å². The van der Waals surface area contributed by atoms with Gasteiger partial charge in [-0.15, -0.1) is 11.3 Å². The lowest BCUT2D eigenvalue weighted by Crippen LogP contribution is -2.08. The first-order chi connectivity index (χ1) is 11.1. The molecule has 0 N–H and O–H groups in total. The van der Waals surface area contributed by atoms with E-state index < -0.39 is 0 Å². The summed E-state index contributed by atoms with van der Waals surface area (Å²) < 4.78 is 10.7. The van der Waals surface area contributed by atoms with Crippen molar-refractivity contribution in [1.82, 2.24) is 0 Å². The molecule has 3 rings (SSSR count). The van der Waals surface area contributed by atoms with Crippen molar-refractivity contribution in [3.63, 3.8) is 0 Å². The molecule has 1 aliphatic rings. The molecular weight excluding hydrogens is 310 g/mol. The number of methoxy groups -OCH3 is 1. The molecule has 1 unspecified atom stereocenters. The van der Waals surface area contributed by atoms with Crippen molar-refractivity contribution < 1.29 is 14.3 Å². The fourth-order valence-corrected chi connectivity index (χ4v) is 3.86. The number of hydrogen-bond acceptors (Lipinski definition) is 5. The number of aryl methyl sites for hydroxylation is 1. The Balaban J connectivity index is 1.81. The molecule has 118 valence electrons. The lowest BCUT2D eigenvalue weighted by Gasteiger charge is -2.16. The molecule has 4 nitrogen and oxygen atoms in total. The molecule has 1 aromatic heterocycles. The van der Waals surface area contributed by atoms with Crippen LogP contribution >= 0.6 is 11.3 Å². The third-order valence-electron chi connectivity index (χ3n) is 4.03. The molecule has 2 aromatic rings.